The summed E-state index contributed by atoms with van der Waals surface area (Å²) in [6.45, 7) is 0.960. The van der Waals surface area contributed by atoms with Gasteiger partial charge in [0.25, 0.3) is 0 Å². The Bertz CT molecular complexity index is 636. The summed E-state index contributed by atoms with van der Waals surface area (Å²) >= 11 is 5.93. The quantitative estimate of drug-likeness (QED) is 0.862. The van der Waals surface area contributed by atoms with Gasteiger partial charge in [0, 0.05) is 29.2 Å². The van der Waals surface area contributed by atoms with Crippen molar-refractivity contribution in [2.45, 2.75) is 12.8 Å². The zero-order valence-corrected chi connectivity index (χ0v) is 11.2. The van der Waals surface area contributed by atoms with Gasteiger partial charge in [0.2, 0.25) is 0 Å². The molecule has 1 heterocycles. The lowest BCUT2D eigenvalue weighted by Gasteiger charge is -2.05. The van der Waals surface area contributed by atoms with Crippen LogP contribution in [0, 0.1) is 0 Å². The zero-order chi connectivity index (χ0) is 13.2. The summed E-state index contributed by atoms with van der Waals surface area (Å²) in [5, 5.41) is 3.96. The summed E-state index contributed by atoms with van der Waals surface area (Å²) in [4.78, 5) is 12.3. The van der Waals surface area contributed by atoms with E-state index in [2.05, 4.69) is 5.32 Å². The summed E-state index contributed by atoms with van der Waals surface area (Å²) in [6, 6.07) is 13.4. The van der Waals surface area contributed by atoms with Gasteiger partial charge in [0.05, 0.1) is 0 Å². The van der Waals surface area contributed by atoms with Crippen LogP contribution in [0.25, 0.3) is 0 Å². The normalized spacial score (nSPS) is 12.9. The molecule has 96 valence electrons. The highest BCUT2D eigenvalue weighted by Gasteiger charge is 2.13. The van der Waals surface area contributed by atoms with Crippen LogP contribution in [0.5, 0.6) is 0 Å². The van der Waals surface area contributed by atoms with Gasteiger partial charge in [-0.3, -0.25) is 4.79 Å². The molecule has 0 amide bonds. The average Bonchev–Trinajstić information content (AvgIpc) is 2.85. The fraction of sp³-hybridized carbons (Fsp3) is 0.188. The van der Waals surface area contributed by atoms with Gasteiger partial charge in [-0.1, -0.05) is 35.9 Å². The molecule has 3 heteroatoms. The number of hydrogen-bond donors (Lipinski definition) is 1. The van der Waals surface area contributed by atoms with Crippen LogP contribution in [0.3, 0.4) is 0 Å². The molecule has 1 aliphatic heterocycles. The van der Waals surface area contributed by atoms with Crippen molar-refractivity contribution in [1.29, 1.82) is 0 Å². The van der Waals surface area contributed by atoms with E-state index in [1.807, 2.05) is 42.5 Å². The first kappa shape index (κ1) is 12.2. The number of carbonyl (C=O) groups is 1. The molecule has 0 atom stereocenters. The van der Waals surface area contributed by atoms with Crippen molar-refractivity contribution in [3.63, 3.8) is 0 Å². The molecule has 1 N–H and O–H groups in total. The van der Waals surface area contributed by atoms with E-state index >= 15 is 0 Å². The molecule has 0 aliphatic carbocycles. The van der Waals surface area contributed by atoms with Crippen molar-refractivity contribution >= 4 is 23.1 Å². The number of Topliss-reactive ketones (excluding diaryl/α,β-unsaturated/α-hetero) is 1. The van der Waals surface area contributed by atoms with Gasteiger partial charge >= 0.3 is 0 Å². The average molecular weight is 272 g/mol. The largest absolute Gasteiger partial charge is 0.384 e. The van der Waals surface area contributed by atoms with E-state index in [0.29, 0.717) is 11.4 Å². The topological polar surface area (TPSA) is 29.1 Å². The zero-order valence-electron chi connectivity index (χ0n) is 10.4. The Labute approximate surface area is 117 Å². The van der Waals surface area contributed by atoms with Gasteiger partial charge in [-0.25, -0.2) is 0 Å². The highest BCUT2D eigenvalue weighted by atomic mass is 35.5. The molecule has 1 aliphatic rings. The van der Waals surface area contributed by atoms with Crippen molar-refractivity contribution < 1.29 is 4.79 Å². The van der Waals surface area contributed by atoms with E-state index in [-0.39, 0.29) is 5.78 Å². The number of hydrogen-bond acceptors (Lipinski definition) is 2. The second-order valence-electron chi connectivity index (χ2n) is 4.78. The van der Waals surface area contributed by atoms with Crippen molar-refractivity contribution in [3.05, 3.63) is 64.2 Å². The lowest BCUT2D eigenvalue weighted by Crippen LogP contribution is -2.04. The first-order chi connectivity index (χ1) is 9.22. The summed E-state index contributed by atoms with van der Waals surface area (Å²) in [5.74, 6) is 0.124. The van der Waals surface area contributed by atoms with E-state index in [1.54, 1.807) is 0 Å². The molecule has 19 heavy (non-hydrogen) atoms. The third-order valence-electron chi connectivity index (χ3n) is 3.40. The third kappa shape index (κ3) is 2.64. The molecule has 0 bridgehead atoms. The predicted octanol–water partition coefficient (Wildman–Crippen LogP) is 3.73. The molecule has 0 radical (unpaired) electrons. The van der Waals surface area contributed by atoms with Crippen molar-refractivity contribution in [1.82, 2.24) is 0 Å². The van der Waals surface area contributed by atoms with Crippen LogP contribution in [0.2, 0.25) is 5.02 Å². The van der Waals surface area contributed by atoms with Crippen molar-refractivity contribution in [2.24, 2.45) is 0 Å². The van der Waals surface area contributed by atoms with Crippen LogP contribution in [0.4, 0.5) is 5.69 Å². The number of anilines is 1. The Morgan fingerprint density at radius 2 is 2.11 bits per heavy atom. The molecule has 2 nitrogen and oxygen atoms in total. The minimum Gasteiger partial charge on any atom is -0.384 e. The predicted molar refractivity (Wildman–Crippen MR) is 78.1 cm³/mol. The summed E-state index contributed by atoms with van der Waals surface area (Å²) < 4.78 is 0. The van der Waals surface area contributed by atoms with Crippen LogP contribution in [-0.2, 0) is 12.8 Å². The molecule has 0 spiro atoms. The fourth-order valence-electron chi connectivity index (χ4n) is 2.40. The van der Waals surface area contributed by atoms with E-state index in [1.165, 1.54) is 5.56 Å². The molecular weight excluding hydrogens is 258 g/mol. The molecule has 3 rings (SSSR count). The second-order valence-corrected chi connectivity index (χ2v) is 5.22. The number of rotatable bonds is 3. The number of nitrogens with one attached hydrogen (secondary N) is 1. The SMILES string of the molecule is O=C(Cc1cccc(Cl)c1)c1ccc2c(c1)NCC2. The first-order valence-corrected chi connectivity index (χ1v) is 6.74. The minimum atomic E-state index is 0.124. The third-order valence-corrected chi connectivity index (χ3v) is 3.63. The monoisotopic (exact) mass is 271 g/mol. The molecule has 0 aromatic heterocycles. The Hall–Kier alpha value is -1.80. The Morgan fingerprint density at radius 1 is 1.21 bits per heavy atom. The molecule has 0 saturated heterocycles. The van der Waals surface area contributed by atoms with Crippen molar-refractivity contribution in [3.8, 4) is 0 Å². The van der Waals surface area contributed by atoms with Gasteiger partial charge < -0.3 is 5.32 Å². The van der Waals surface area contributed by atoms with E-state index in [9.17, 15) is 4.79 Å². The van der Waals surface area contributed by atoms with Crippen LogP contribution < -0.4 is 5.32 Å². The molecule has 0 saturated carbocycles. The van der Waals surface area contributed by atoms with Gasteiger partial charge in [0.15, 0.2) is 5.78 Å². The van der Waals surface area contributed by atoms with Crippen LogP contribution >= 0.6 is 11.6 Å². The van der Waals surface area contributed by atoms with Crippen molar-refractivity contribution in [2.75, 3.05) is 11.9 Å². The molecule has 0 fully saturated rings. The molecule has 2 aromatic carbocycles. The Morgan fingerprint density at radius 3 is 2.95 bits per heavy atom. The maximum Gasteiger partial charge on any atom is 0.167 e. The van der Waals surface area contributed by atoms with Gasteiger partial charge in [-0.15, -0.1) is 0 Å². The Kier molecular flexibility index (Phi) is 3.26. The fourth-order valence-corrected chi connectivity index (χ4v) is 2.61. The molecular formula is C16H14ClNO. The highest BCUT2D eigenvalue weighted by Crippen LogP contribution is 2.24. The molecule has 2 aromatic rings. The van der Waals surface area contributed by atoms with Crippen LogP contribution in [0.1, 0.15) is 21.5 Å². The number of carbonyl (C=O) groups excluding carboxylic acids is 1. The van der Waals surface area contributed by atoms with E-state index in [4.69, 9.17) is 11.6 Å². The summed E-state index contributed by atoms with van der Waals surface area (Å²) in [7, 11) is 0. The summed E-state index contributed by atoms with van der Waals surface area (Å²) in [5.41, 5.74) is 4.09. The smallest absolute Gasteiger partial charge is 0.167 e. The number of fused-ring (bicyclic) bond motifs is 1. The van der Waals surface area contributed by atoms with E-state index < -0.39 is 0 Å². The summed E-state index contributed by atoms with van der Waals surface area (Å²) in [6.07, 6.45) is 1.43. The minimum absolute atomic E-state index is 0.124. The number of halogens is 1. The highest BCUT2D eigenvalue weighted by molar-refractivity contribution is 6.30. The van der Waals surface area contributed by atoms with E-state index in [0.717, 1.165) is 29.8 Å². The van der Waals surface area contributed by atoms with Gasteiger partial charge in [-0.2, -0.15) is 0 Å². The Balaban J connectivity index is 1.81. The van der Waals surface area contributed by atoms with Crippen LogP contribution in [0.15, 0.2) is 42.5 Å². The standard InChI is InChI=1S/C16H14ClNO/c17-14-3-1-2-11(8-14)9-16(19)13-5-4-12-6-7-18-15(12)10-13/h1-5,8,10,18H,6-7,9H2. The lowest BCUT2D eigenvalue weighted by atomic mass is 10.0. The number of ketones is 1. The first-order valence-electron chi connectivity index (χ1n) is 6.37. The maximum atomic E-state index is 12.3. The van der Waals surface area contributed by atoms with Gasteiger partial charge in [0.1, 0.15) is 0 Å². The maximum absolute atomic E-state index is 12.3. The lowest BCUT2D eigenvalue weighted by molar-refractivity contribution is 0.0993. The molecule has 0 unspecified atom stereocenters. The number of benzene rings is 2. The van der Waals surface area contributed by atoms with Crippen LogP contribution in [-0.4, -0.2) is 12.3 Å². The van der Waals surface area contributed by atoms with Gasteiger partial charge in [-0.05, 0) is 35.7 Å². The second kappa shape index (κ2) is 5.06.